The number of rotatable bonds is 12. The predicted molar refractivity (Wildman–Crippen MR) is 121 cm³/mol. The van der Waals surface area contributed by atoms with Gasteiger partial charge in [-0.2, -0.15) is 0 Å². The van der Waals surface area contributed by atoms with Crippen molar-refractivity contribution in [2.24, 2.45) is 0 Å². The van der Waals surface area contributed by atoms with Crippen LogP contribution in [0.25, 0.3) is 4.72 Å². The number of nitrogens with zero attached hydrogens (tertiary/aromatic N) is 4. The number of benzene rings is 1. The number of hydrogen-bond donors (Lipinski definition) is 0. The quantitative estimate of drug-likeness (QED) is 0.430. The summed E-state index contributed by atoms with van der Waals surface area (Å²) in [4.78, 5) is 11.1. The number of methoxy groups -OCH3 is 1. The molecule has 8 heteroatoms. The van der Waals surface area contributed by atoms with Crippen LogP contribution in [-0.2, 0) is 22.9 Å². The second kappa shape index (κ2) is 11.5. The molecule has 164 valence electrons. The van der Waals surface area contributed by atoms with Crippen molar-refractivity contribution in [2.75, 3.05) is 33.3 Å². The fraction of sp³-hybridized carbons (Fsp3) is 0.304. The van der Waals surface area contributed by atoms with Crippen LogP contribution in [0.15, 0.2) is 78.0 Å². The van der Waals surface area contributed by atoms with Gasteiger partial charge in [-0.1, -0.05) is 12.1 Å². The zero-order chi connectivity index (χ0) is 21.9. The van der Waals surface area contributed by atoms with E-state index in [0.717, 1.165) is 37.3 Å². The van der Waals surface area contributed by atoms with Crippen LogP contribution in [0.4, 0.5) is 0 Å². The molecule has 0 unspecified atom stereocenters. The molecule has 31 heavy (non-hydrogen) atoms. The van der Waals surface area contributed by atoms with Crippen molar-refractivity contribution in [3.63, 3.8) is 0 Å². The molecule has 2 aromatic heterocycles. The highest BCUT2D eigenvalue weighted by Gasteiger charge is 2.08. The molecular formula is C23H27N4O3S-. The normalized spacial score (nSPS) is 11.5. The summed E-state index contributed by atoms with van der Waals surface area (Å²) >= 11 is 0. The highest BCUT2D eigenvalue weighted by molar-refractivity contribution is 7.94. The lowest BCUT2D eigenvalue weighted by molar-refractivity contribution is 0.291. The van der Waals surface area contributed by atoms with Gasteiger partial charge in [-0.15, -0.1) is 6.54 Å². The molecule has 0 saturated heterocycles. The van der Waals surface area contributed by atoms with Crippen molar-refractivity contribution < 1.29 is 13.2 Å². The minimum atomic E-state index is -3.70. The van der Waals surface area contributed by atoms with Crippen molar-refractivity contribution in [3.05, 3.63) is 89.2 Å². The Labute approximate surface area is 184 Å². The highest BCUT2D eigenvalue weighted by Crippen LogP contribution is 2.20. The number of sulfonamides is 1. The molecule has 0 bridgehead atoms. The van der Waals surface area contributed by atoms with Crippen molar-refractivity contribution in [1.82, 2.24) is 14.9 Å². The molecular weight excluding hydrogens is 412 g/mol. The van der Waals surface area contributed by atoms with Crippen LogP contribution < -0.4 is 4.74 Å². The summed E-state index contributed by atoms with van der Waals surface area (Å²) in [6.07, 6.45) is 5.14. The monoisotopic (exact) mass is 439 g/mol. The molecule has 0 atom stereocenters. The molecule has 2 heterocycles. The maximum Gasteiger partial charge on any atom is 0.118 e. The molecule has 0 aliphatic heterocycles. The van der Waals surface area contributed by atoms with E-state index in [1.54, 1.807) is 31.6 Å². The minimum Gasteiger partial charge on any atom is -0.544 e. The molecule has 3 rings (SSSR count). The highest BCUT2D eigenvalue weighted by atomic mass is 32.2. The van der Waals surface area contributed by atoms with Gasteiger partial charge in [0.05, 0.1) is 7.11 Å². The fourth-order valence-electron chi connectivity index (χ4n) is 3.10. The Morgan fingerprint density at radius 2 is 1.42 bits per heavy atom. The van der Waals surface area contributed by atoms with Crippen LogP contribution in [0.3, 0.4) is 0 Å². The maximum atomic E-state index is 12.5. The second-order valence-corrected chi connectivity index (χ2v) is 8.67. The van der Waals surface area contributed by atoms with E-state index in [4.69, 9.17) is 4.74 Å². The lowest BCUT2D eigenvalue weighted by atomic mass is 10.2. The van der Waals surface area contributed by atoms with Crippen molar-refractivity contribution in [1.29, 1.82) is 0 Å². The molecule has 7 nitrogen and oxygen atoms in total. The molecule has 0 aliphatic carbocycles. The summed E-state index contributed by atoms with van der Waals surface area (Å²) in [5, 5.41) is 0. The van der Waals surface area contributed by atoms with E-state index in [-0.39, 0.29) is 11.4 Å². The molecule has 0 radical (unpaired) electrons. The van der Waals surface area contributed by atoms with Crippen LogP contribution in [0.1, 0.15) is 11.4 Å². The topological polar surface area (TPSA) is 86.5 Å². The van der Waals surface area contributed by atoms with Gasteiger partial charge in [0, 0.05) is 54.6 Å². The first-order chi connectivity index (χ1) is 15.1. The minimum absolute atomic E-state index is 0.168. The molecule has 3 aromatic rings. The predicted octanol–water partition coefficient (Wildman–Crippen LogP) is 3.34. The number of pyridine rings is 2. The molecule has 1 aromatic carbocycles. The van der Waals surface area contributed by atoms with Crippen LogP contribution in [-0.4, -0.2) is 56.6 Å². The van der Waals surface area contributed by atoms with Crippen LogP contribution in [0.5, 0.6) is 5.75 Å². The zero-order valence-corrected chi connectivity index (χ0v) is 18.4. The molecule has 0 N–H and O–H groups in total. The summed E-state index contributed by atoms with van der Waals surface area (Å²) < 4.78 is 34.1. The summed E-state index contributed by atoms with van der Waals surface area (Å²) in [6, 6.07) is 18.0. The van der Waals surface area contributed by atoms with E-state index in [9.17, 15) is 8.42 Å². The Hall–Kier alpha value is -2.81. The smallest absolute Gasteiger partial charge is 0.118 e. The number of ether oxygens (including phenoxy) is 1. The van der Waals surface area contributed by atoms with Gasteiger partial charge in [0.1, 0.15) is 15.8 Å². The first-order valence-corrected chi connectivity index (χ1v) is 11.6. The van der Waals surface area contributed by atoms with Gasteiger partial charge in [0.25, 0.3) is 0 Å². The standard InChI is InChI=1S/C23H27N4O3S/c1-30-22-8-10-23(11-9-22)31(28,29)26-16-19-27(17-12-20-6-2-4-14-24-20)18-13-21-7-3-5-15-25-21/h2-11,14-15H,12-13,16-19H2,1H3/q-1. The van der Waals surface area contributed by atoms with Crippen molar-refractivity contribution >= 4 is 10.0 Å². The van der Waals surface area contributed by atoms with Crippen molar-refractivity contribution in [2.45, 2.75) is 17.7 Å². The average Bonchev–Trinajstić information content (AvgIpc) is 2.81. The molecule has 0 aliphatic rings. The Balaban J connectivity index is 1.57. The second-order valence-electron chi connectivity index (χ2n) is 6.99. The number of hydrogen-bond acceptors (Lipinski definition) is 6. The van der Waals surface area contributed by atoms with Gasteiger partial charge in [0.15, 0.2) is 0 Å². The number of aromatic nitrogens is 2. The zero-order valence-electron chi connectivity index (χ0n) is 17.6. The molecule has 0 spiro atoms. The van der Waals surface area contributed by atoms with Crippen LogP contribution >= 0.6 is 0 Å². The first kappa shape index (κ1) is 22.9. The third-order valence-electron chi connectivity index (χ3n) is 4.86. The van der Waals surface area contributed by atoms with Gasteiger partial charge < -0.3 is 14.4 Å². The molecule has 0 amide bonds. The lowest BCUT2D eigenvalue weighted by Gasteiger charge is -2.27. The van der Waals surface area contributed by atoms with E-state index in [1.807, 2.05) is 36.4 Å². The summed E-state index contributed by atoms with van der Waals surface area (Å²) in [7, 11) is -2.16. The average molecular weight is 440 g/mol. The van der Waals surface area contributed by atoms with Gasteiger partial charge in [0.2, 0.25) is 0 Å². The summed E-state index contributed by atoms with van der Waals surface area (Å²) in [6.45, 7) is 2.26. The van der Waals surface area contributed by atoms with E-state index < -0.39 is 10.0 Å². The van der Waals surface area contributed by atoms with Crippen LogP contribution in [0.2, 0.25) is 0 Å². The lowest BCUT2D eigenvalue weighted by Crippen LogP contribution is -2.31. The third kappa shape index (κ3) is 7.43. The van der Waals surface area contributed by atoms with Crippen molar-refractivity contribution in [3.8, 4) is 5.75 Å². The van der Waals surface area contributed by atoms with Gasteiger partial charge in [-0.25, -0.2) is 8.42 Å². The van der Waals surface area contributed by atoms with E-state index in [0.29, 0.717) is 12.3 Å². The summed E-state index contributed by atoms with van der Waals surface area (Å²) in [5.41, 5.74) is 2.02. The molecule has 0 fully saturated rings. The Bertz CT molecular complexity index is 970. The summed E-state index contributed by atoms with van der Waals surface area (Å²) in [5.74, 6) is 0.606. The largest absolute Gasteiger partial charge is 0.544 e. The SMILES string of the molecule is COc1ccc(S(=O)(=O)[N-]CCN(CCc2ccccn2)CCc2ccccn2)cc1. The third-order valence-corrected chi connectivity index (χ3v) is 6.25. The van der Waals surface area contributed by atoms with Crippen LogP contribution in [0, 0.1) is 0 Å². The van der Waals surface area contributed by atoms with E-state index in [2.05, 4.69) is 19.6 Å². The van der Waals surface area contributed by atoms with Gasteiger partial charge in [-0.3, -0.25) is 9.97 Å². The van der Waals surface area contributed by atoms with Gasteiger partial charge >= 0.3 is 0 Å². The van der Waals surface area contributed by atoms with E-state index in [1.165, 1.54) is 12.1 Å². The van der Waals surface area contributed by atoms with Gasteiger partial charge in [-0.05, 0) is 55.1 Å². The fourth-order valence-corrected chi connectivity index (χ4v) is 4.05. The Morgan fingerprint density at radius 3 is 1.90 bits per heavy atom. The van der Waals surface area contributed by atoms with E-state index >= 15 is 0 Å². The maximum absolute atomic E-state index is 12.5. The molecule has 0 saturated carbocycles. The first-order valence-electron chi connectivity index (χ1n) is 10.2. The Morgan fingerprint density at radius 1 is 0.839 bits per heavy atom. The Kier molecular flexibility index (Phi) is 8.52.